The molecule has 9 heteroatoms. The summed E-state index contributed by atoms with van der Waals surface area (Å²) >= 11 is 0. The molecular weight excluding hydrogens is 322 g/mol. The minimum absolute atomic E-state index is 0.0137. The summed E-state index contributed by atoms with van der Waals surface area (Å²) in [6.07, 6.45) is 1.43. The van der Waals surface area contributed by atoms with Crippen LogP contribution in [0.4, 0.5) is 8.78 Å². The summed E-state index contributed by atoms with van der Waals surface area (Å²) < 4.78 is 34.3. The van der Waals surface area contributed by atoms with Crippen molar-refractivity contribution in [3.05, 3.63) is 42.2 Å². The van der Waals surface area contributed by atoms with Crippen molar-refractivity contribution in [2.75, 3.05) is 13.1 Å². The molecule has 0 aliphatic carbocycles. The Hall–Kier alpha value is -2.97. The van der Waals surface area contributed by atoms with Crippen LogP contribution in [0.3, 0.4) is 0 Å². The average Bonchev–Trinajstić information content (AvgIpc) is 3.13. The maximum atomic E-state index is 12.4. The average molecular weight is 334 g/mol. The summed E-state index contributed by atoms with van der Waals surface area (Å²) in [4.78, 5) is 18.1. The van der Waals surface area contributed by atoms with E-state index in [1.807, 2.05) is 0 Å². The zero-order valence-corrected chi connectivity index (χ0v) is 12.3. The molecule has 1 aliphatic rings. The number of alkyl halides is 2. The highest BCUT2D eigenvalue weighted by molar-refractivity contribution is 5.96. The van der Waals surface area contributed by atoms with Gasteiger partial charge in [0.15, 0.2) is 5.76 Å². The van der Waals surface area contributed by atoms with Crippen molar-refractivity contribution in [2.45, 2.75) is 12.5 Å². The fourth-order valence-electron chi connectivity index (χ4n) is 2.68. The first-order chi connectivity index (χ1) is 11.6. The molecule has 1 fully saturated rings. The van der Waals surface area contributed by atoms with Crippen molar-refractivity contribution in [2.24, 2.45) is 0 Å². The number of halogens is 2. The van der Waals surface area contributed by atoms with Crippen LogP contribution in [0.25, 0.3) is 11.0 Å². The number of H-pyrrole nitrogens is 1. The Balaban J connectivity index is 1.49. The summed E-state index contributed by atoms with van der Waals surface area (Å²) in [5, 5.41) is 7.22. The predicted octanol–water partition coefficient (Wildman–Crippen LogP) is 2.39. The molecule has 0 unspecified atom stereocenters. The Morgan fingerprint density at radius 2 is 2.21 bits per heavy atom. The van der Waals surface area contributed by atoms with Crippen LogP contribution in [0.2, 0.25) is 0 Å². The van der Waals surface area contributed by atoms with E-state index in [-0.39, 0.29) is 23.3 Å². The quantitative estimate of drug-likeness (QED) is 0.792. The number of carbonyl (C=O) groups excluding carboxylic acids is 1. The molecule has 7 nitrogen and oxygen atoms in total. The third-order valence-corrected chi connectivity index (χ3v) is 3.92. The molecule has 0 saturated carbocycles. The monoisotopic (exact) mass is 334 g/mol. The molecule has 2 aromatic heterocycles. The molecule has 0 atom stereocenters. The number of fused-ring (bicyclic) bond motifs is 1. The molecule has 1 saturated heterocycles. The van der Waals surface area contributed by atoms with Gasteiger partial charge in [-0.05, 0) is 18.2 Å². The molecule has 3 heterocycles. The maximum Gasteiger partial charge on any atom is 0.387 e. The number of amides is 1. The Labute approximate surface area is 134 Å². The molecule has 1 amide bonds. The van der Waals surface area contributed by atoms with E-state index in [9.17, 15) is 13.6 Å². The van der Waals surface area contributed by atoms with Gasteiger partial charge in [-0.1, -0.05) is 0 Å². The first-order valence-corrected chi connectivity index (χ1v) is 7.23. The van der Waals surface area contributed by atoms with Gasteiger partial charge in [-0.2, -0.15) is 13.9 Å². The van der Waals surface area contributed by atoms with E-state index < -0.39 is 6.61 Å². The number of benzene rings is 1. The number of rotatable bonds is 4. The van der Waals surface area contributed by atoms with Crippen LogP contribution >= 0.6 is 0 Å². The van der Waals surface area contributed by atoms with Gasteiger partial charge in [0.1, 0.15) is 23.5 Å². The molecule has 0 spiro atoms. The topological polar surface area (TPSA) is 84.2 Å². The van der Waals surface area contributed by atoms with E-state index in [1.165, 1.54) is 18.5 Å². The molecule has 3 aromatic rings. The lowest BCUT2D eigenvalue weighted by Gasteiger charge is -2.37. The van der Waals surface area contributed by atoms with Crippen LogP contribution in [0.5, 0.6) is 5.75 Å². The number of hydrogen-bond donors (Lipinski definition) is 1. The van der Waals surface area contributed by atoms with Crippen LogP contribution in [-0.4, -0.2) is 45.7 Å². The van der Waals surface area contributed by atoms with Gasteiger partial charge in [-0.3, -0.25) is 9.89 Å². The van der Waals surface area contributed by atoms with Crippen molar-refractivity contribution in [3.63, 3.8) is 0 Å². The second-order valence-corrected chi connectivity index (χ2v) is 5.47. The van der Waals surface area contributed by atoms with Crippen molar-refractivity contribution in [3.8, 4) is 5.75 Å². The van der Waals surface area contributed by atoms with Gasteiger partial charge in [0.05, 0.1) is 5.92 Å². The number of hydrogen-bond acceptors (Lipinski definition) is 5. The third-order valence-electron chi connectivity index (χ3n) is 3.92. The van der Waals surface area contributed by atoms with Gasteiger partial charge >= 0.3 is 6.61 Å². The first-order valence-electron chi connectivity index (χ1n) is 7.23. The Morgan fingerprint density at radius 1 is 1.38 bits per heavy atom. The van der Waals surface area contributed by atoms with Gasteiger partial charge in [0, 0.05) is 24.5 Å². The minimum Gasteiger partial charge on any atom is -0.451 e. The highest BCUT2D eigenvalue weighted by Gasteiger charge is 2.35. The second kappa shape index (κ2) is 5.59. The summed E-state index contributed by atoms with van der Waals surface area (Å²) in [6.45, 7) is -1.87. The number of ether oxygens (including phenoxy) is 1. The van der Waals surface area contributed by atoms with Gasteiger partial charge < -0.3 is 14.1 Å². The largest absolute Gasteiger partial charge is 0.451 e. The Bertz CT molecular complexity index is 872. The van der Waals surface area contributed by atoms with Crippen LogP contribution in [-0.2, 0) is 0 Å². The van der Waals surface area contributed by atoms with Gasteiger partial charge in [-0.25, -0.2) is 4.98 Å². The van der Waals surface area contributed by atoms with E-state index in [1.54, 1.807) is 17.0 Å². The highest BCUT2D eigenvalue weighted by Crippen LogP contribution is 2.29. The fourth-order valence-corrected chi connectivity index (χ4v) is 2.68. The normalized spacial score (nSPS) is 15.0. The predicted molar refractivity (Wildman–Crippen MR) is 77.9 cm³/mol. The summed E-state index contributed by atoms with van der Waals surface area (Å²) in [7, 11) is 0. The lowest BCUT2D eigenvalue weighted by atomic mass is 9.99. The third kappa shape index (κ3) is 2.57. The van der Waals surface area contributed by atoms with Crippen molar-refractivity contribution >= 4 is 16.9 Å². The number of nitrogens with one attached hydrogen (secondary N) is 1. The molecule has 1 N–H and O–H groups in total. The number of aromatic amines is 1. The number of nitrogens with zero attached hydrogens (tertiary/aromatic N) is 3. The van der Waals surface area contributed by atoms with E-state index in [0.717, 1.165) is 5.82 Å². The number of aromatic nitrogens is 3. The van der Waals surface area contributed by atoms with Crippen LogP contribution in [0.1, 0.15) is 22.3 Å². The highest BCUT2D eigenvalue weighted by atomic mass is 19.3. The standard InChI is InChI=1S/C15H12F2N4O3/c16-15(17)23-10-2-1-8-3-12(24-11(8)4-10)14(22)21-5-9(6-21)13-18-7-19-20-13/h1-4,7,9,15H,5-6H2,(H,18,19,20). The number of furan rings is 1. The fraction of sp³-hybridized carbons (Fsp3) is 0.267. The maximum absolute atomic E-state index is 12.4. The smallest absolute Gasteiger partial charge is 0.387 e. The molecule has 124 valence electrons. The summed E-state index contributed by atoms with van der Waals surface area (Å²) in [6, 6.07) is 5.90. The lowest BCUT2D eigenvalue weighted by molar-refractivity contribution is -0.0497. The van der Waals surface area contributed by atoms with E-state index >= 15 is 0 Å². The van der Waals surface area contributed by atoms with E-state index in [4.69, 9.17) is 4.42 Å². The van der Waals surface area contributed by atoms with Gasteiger partial charge in [-0.15, -0.1) is 0 Å². The first kappa shape index (κ1) is 14.6. The molecule has 4 rings (SSSR count). The Morgan fingerprint density at radius 3 is 2.92 bits per heavy atom. The van der Waals surface area contributed by atoms with Gasteiger partial charge in [0.25, 0.3) is 5.91 Å². The Kier molecular flexibility index (Phi) is 3.40. The van der Waals surface area contributed by atoms with Gasteiger partial charge in [0.2, 0.25) is 0 Å². The van der Waals surface area contributed by atoms with Crippen LogP contribution < -0.4 is 4.74 Å². The summed E-state index contributed by atoms with van der Waals surface area (Å²) in [5.41, 5.74) is 0.323. The zero-order chi connectivity index (χ0) is 16.7. The van der Waals surface area contributed by atoms with Crippen LogP contribution in [0.15, 0.2) is 35.0 Å². The summed E-state index contributed by atoms with van der Waals surface area (Å²) in [5.74, 6) is 0.776. The molecule has 1 aliphatic heterocycles. The molecule has 1 aromatic carbocycles. The van der Waals surface area contributed by atoms with E-state index in [2.05, 4.69) is 19.9 Å². The number of likely N-dealkylation sites (tertiary alicyclic amines) is 1. The second-order valence-electron chi connectivity index (χ2n) is 5.47. The number of carbonyl (C=O) groups is 1. The van der Waals surface area contributed by atoms with E-state index in [0.29, 0.717) is 24.1 Å². The van der Waals surface area contributed by atoms with Crippen molar-refractivity contribution in [1.29, 1.82) is 0 Å². The zero-order valence-electron chi connectivity index (χ0n) is 12.3. The molecule has 24 heavy (non-hydrogen) atoms. The SMILES string of the molecule is O=C(c1cc2ccc(OC(F)F)cc2o1)N1CC(c2ncn[nH]2)C1. The molecule has 0 bridgehead atoms. The molecular formula is C15H12F2N4O3. The minimum atomic E-state index is -2.91. The van der Waals surface area contributed by atoms with Crippen molar-refractivity contribution < 1.29 is 22.7 Å². The van der Waals surface area contributed by atoms with Crippen LogP contribution in [0, 0.1) is 0 Å². The molecule has 0 radical (unpaired) electrons. The lowest BCUT2D eigenvalue weighted by Crippen LogP contribution is -2.48. The van der Waals surface area contributed by atoms with Crippen molar-refractivity contribution in [1.82, 2.24) is 20.1 Å².